The van der Waals surface area contributed by atoms with Crippen molar-refractivity contribution in [2.45, 2.75) is 19.9 Å². The van der Waals surface area contributed by atoms with E-state index in [4.69, 9.17) is 4.74 Å². The summed E-state index contributed by atoms with van der Waals surface area (Å²) in [5.41, 5.74) is 1.97. The second-order valence-electron chi connectivity index (χ2n) is 5.72. The second kappa shape index (κ2) is 7.59. The number of hydrogen-bond donors (Lipinski definition) is 2. The Bertz CT molecular complexity index is 726. The van der Waals surface area contributed by atoms with E-state index in [1.165, 1.54) is 6.20 Å². The zero-order valence-electron chi connectivity index (χ0n) is 13.8. The molecule has 0 fully saturated rings. The number of nitrogens with one attached hydrogen (secondary N) is 1. The lowest BCUT2D eigenvalue weighted by molar-refractivity contribution is -0.140. The number of amides is 1. The number of aromatic nitrogens is 1. The SMILES string of the molecule is COc1ccc(-c2cncc(C(=O)N[C@@H](C(=O)O)C(C)C)c2)cc1. The van der Waals surface area contributed by atoms with Gasteiger partial charge in [0.2, 0.25) is 0 Å². The van der Waals surface area contributed by atoms with E-state index >= 15 is 0 Å². The van der Waals surface area contributed by atoms with E-state index in [-0.39, 0.29) is 5.92 Å². The van der Waals surface area contributed by atoms with E-state index in [0.717, 1.165) is 16.9 Å². The van der Waals surface area contributed by atoms with Crippen molar-refractivity contribution in [3.8, 4) is 16.9 Å². The lowest BCUT2D eigenvalue weighted by Gasteiger charge is -2.18. The van der Waals surface area contributed by atoms with Gasteiger partial charge in [-0.2, -0.15) is 0 Å². The summed E-state index contributed by atoms with van der Waals surface area (Å²) in [7, 11) is 1.59. The Morgan fingerprint density at radius 3 is 2.33 bits per heavy atom. The summed E-state index contributed by atoms with van der Waals surface area (Å²) in [6.07, 6.45) is 3.07. The molecule has 0 unspecified atom stereocenters. The van der Waals surface area contributed by atoms with Gasteiger partial charge in [0.05, 0.1) is 12.7 Å². The fraction of sp³-hybridized carbons (Fsp3) is 0.278. The minimum absolute atomic E-state index is 0.218. The van der Waals surface area contributed by atoms with Crippen molar-refractivity contribution >= 4 is 11.9 Å². The van der Waals surface area contributed by atoms with Gasteiger partial charge in [-0.25, -0.2) is 4.79 Å². The van der Waals surface area contributed by atoms with Gasteiger partial charge < -0.3 is 15.2 Å². The number of nitrogens with zero attached hydrogens (tertiary/aromatic N) is 1. The zero-order chi connectivity index (χ0) is 17.7. The largest absolute Gasteiger partial charge is 0.497 e. The summed E-state index contributed by atoms with van der Waals surface area (Å²) in [6.45, 7) is 3.48. The molecule has 0 bridgehead atoms. The zero-order valence-corrected chi connectivity index (χ0v) is 13.8. The summed E-state index contributed by atoms with van der Waals surface area (Å²) in [5, 5.41) is 11.7. The molecule has 0 spiro atoms. The number of ether oxygens (including phenoxy) is 1. The molecular weight excluding hydrogens is 308 g/mol. The molecule has 0 aliphatic heterocycles. The third-order valence-electron chi connectivity index (χ3n) is 3.64. The van der Waals surface area contributed by atoms with Crippen molar-refractivity contribution in [1.29, 1.82) is 0 Å². The molecule has 24 heavy (non-hydrogen) atoms. The maximum atomic E-state index is 12.3. The fourth-order valence-electron chi connectivity index (χ4n) is 2.24. The van der Waals surface area contributed by atoms with Crippen molar-refractivity contribution in [3.05, 3.63) is 48.3 Å². The topological polar surface area (TPSA) is 88.5 Å². The van der Waals surface area contributed by atoms with E-state index in [9.17, 15) is 14.7 Å². The van der Waals surface area contributed by atoms with Crippen LogP contribution in [0.4, 0.5) is 0 Å². The van der Waals surface area contributed by atoms with Gasteiger partial charge in [0.25, 0.3) is 5.91 Å². The normalized spacial score (nSPS) is 11.8. The first-order valence-corrected chi connectivity index (χ1v) is 7.55. The van der Waals surface area contributed by atoms with E-state index < -0.39 is 17.9 Å². The Kier molecular flexibility index (Phi) is 5.52. The van der Waals surface area contributed by atoms with E-state index in [1.54, 1.807) is 33.2 Å². The molecule has 0 aliphatic rings. The quantitative estimate of drug-likeness (QED) is 0.851. The summed E-state index contributed by atoms with van der Waals surface area (Å²) in [4.78, 5) is 27.6. The van der Waals surface area contributed by atoms with Gasteiger partial charge in [-0.1, -0.05) is 26.0 Å². The smallest absolute Gasteiger partial charge is 0.326 e. The Morgan fingerprint density at radius 2 is 1.79 bits per heavy atom. The van der Waals surface area contributed by atoms with Crippen LogP contribution in [0.15, 0.2) is 42.7 Å². The molecule has 6 nitrogen and oxygen atoms in total. The van der Waals surface area contributed by atoms with Gasteiger partial charge in [-0.05, 0) is 29.7 Å². The molecule has 0 aliphatic carbocycles. The van der Waals surface area contributed by atoms with Crippen LogP contribution in [-0.4, -0.2) is 35.1 Å². The summed E-state index contributed by atoms with van der Waals surface area (Å²) >= 11 is 0. The van der Waals surface area contributed by atoms with Gasteiger partial charge in [0, 0.05) is 18.0 Å². The number of pyridine rings is 1. The first-order valence-electron chi connectivity index (χ1n) is 7.55. The predicted molar refractivity (Wildman–Crippen MR) is 90.0 cm³/mol. The van der Waals surface area contributed by atoms with Crippen LogP contribution in [0.25, 0.3) is 11.1 Å². The second-order valence-corrected chi connectivity index (χ2v) is 5.72. The Hall–Kier alpha value is -2.89. The molecule has 6 heteroatoms. The van der Waals surface area contributed by atoms with Crippen molar-refractivity contribution in [1.82, 2.24) is 10.3 Å². The van der Waals surface area contributed by atoms with E-state index in [1.807, 2.05) is 24.3 Å². The Balaban J connectivity index is 2.22. The number of carbonyl (C=O) groups is 2. The summed E-state index contributed by atoms with van der Waals surface area (Å²) in [6, 6.07) is 8.12. The summed E-state index contributed by atoms with van der Waals surface area (Å²) < 4.78 is 5.12. The maximum Gasteiger partial charge on any atom is 0.326 e. The molecule has 1 amide bonds. The Morgan fingerprint density at radius 1 is 1.12 bits per heavy atom. The third kappa shape index (κ3) is 4.10. The highest BCUT2D eigenvalue weighted by Gasteiger charge is 2.24. The van der Waals surface area contributed by atoms with Crippen LogP contribution in [-0.2, 0) is 4.79 Å². The number of carbonyl (C=O) groups excluding carboxylic acids is 1. The lowest BCUT2D eigenvalue weighted by atomic mass is 10.0. The maximum absolute atomic E-state index is 12.3. The van der Waals surface area contributed by atoms with Gasteiger partial charge in [0.15, 0.2) is 0 Å². The summed E-state index contributed by atoms with van der Waals surface area (Å²) in [5.74, 6) is -0.998. The number of aliphatic carboxylic acids is 1. The standard InChI is InChI=1S/C18H20N2O4/c1-11(2)16(18(22)23)20-17(21)14-8-13(9-19-10-14)12-4-6-15(24-3)7-5-12/h4-11,16H,1-3H3,(H,20,21)(H,22,23)/t16-/m1/s1. The molecule has 0 saturated heterocycles. The van der Waals surface area contributed by atoms with Crippen LogP contribution in [0, 0.1) is 5.92 Å². The van der Waals surface area contributed by atoms with Crippen molar-refractivity contribution < 1.29 is 19.4 Å². The molecule has 1 aromatic carbocycles. The van der Waals surface area contributed by atoms with Crippen LogP contribution >= 0.6 is 0 Å². The molecule has 126 valence electrons. The van der Waals surface area contributed by atoms with E-state index in [0.29, 0.717) is 5.56 Å². The molecule has 2 rings (SSSR count). The van der Waals surface area contributed by atoms with Gasteiger partial charge in [-0.3, -0.25) is 9.78 Å². The van der Waals surface area contributed by atoms with Crippen LogP contribution in [0.2, 0.25) is 0 Å². The van der Waals surface area contributed by atoms with E-state index in [2.05, 4.69) is 10.3 Å². The minimum atomic E-state index is -1.06. The molecule has 1 aromatic heterocycles. The van der Waals surface area contributed by atoms with Crippen LogP contribution in [0.1, 0.15) is 24.2 Å². The monoisotopic (exact) mass is 328 g/mol. The van der Waals surface area contributed by atoms with Crippen molar-refractivity contribution in [2.24, 2.45) is 5.92 Å². The van der Waals surface area contributed by atoms with Gasteiger partial charge in [0.1, 0.15) is 11.8 Å². The highest BCUT2D eigenvalue weighted by Crippen LogP contribution is 2.22. The highest BCUT2D eigenvalue weighted by atomic mass is 16.5. The average Bonchev–Trinajstić information content (AvgIpc) is 2.59. The number of carboxylic acid groups (broad SMARTS) is 1. The first-order chi connectivity index (χ1) is 11.4. The third-order valence-corrected chi connectivity index (χ3v) is 3.64. The molecule has 1 heterocycles. The van der Waals surface area contributed by atoms with Gasteiger partial charge >= 0.3 is 5.97 Å². The minimum Gasteiger partial charge on any atom is -0.497 e. The predicted octanol–water partition coefficient (Wildman–Crippen LogP) is 2.60. The molecule has 2 N–H and O–H groups in total. The van der Waals surface area contributed by atoms with Crippen molar-refractivity contribution in [3.63, 3.8) is 0 Å². The molecule has 2 aromatic rings. The molecule has 0 radical (unpaired) electrons. The van der Waals surface area contributed by atoms with Gasteiger partial charge in [-0.15, -0.1) is 0 Å². The van der Waals surface area contributed by atoms with Crippen LogP contribution in [0.5, 0.6) is 5.75 Å². The lowest BCUT2D eigenvalue weighted by Crippen LogP contribution is -2.44. The number of methoxy groups -OCH3 is 1. The molecule has 0 saturated carbocycles. The molecule has 1 atom stereocenters. The fourth-order valence-corrected chi connectivity index (χ4v) is 2.24. The first kappa shape index (κ1) is 17.5. The van der Waals surface area contributed by atoms with Crippen molar-refractivity contribution in [2.75, 3.05) is 7.11 Å². The average molecular weight is 328 g/mol. The number of carboxylic acids is 1. The number of hydrogen-bond acceptors (Lipinski definition) is 4. The number of benzene rings is 1. The Labute approximate surface area is 140 Å². The molecular formula is C18H20N2O4. The van der Waals surface area contributed by atoms with Crippen LogP contribution < -0.4 is 10.1 Å². The van der Waals surface area contributed by atoms with Crippen LogP contribution in [0.3, 0.4) is 0 Å². The highest BCUT2D eigenvalue weighted by molar-refractivity contribution is 5.97. The number of rotatable bonds is 6.